The number of hydrogen-bond donors (Lipinski definition) is 1. The highest BCUT2D eigenvalue weighted by atomic mass is 32.1. The fourth-order valence-electron chi connectivity index (χ4n) is 2.03. The molecular formula is C16H13N3O2S2. The molecule has 0 aliphatic carbocycles. The lowest BCUT2D eigenvalue weighted by atomic mass is 10.0. The third-order valence-electron chi connectivity index (χ3n) is 2.97. The van der Waals surface area contributed by atoms with Crippen LogP contribution in [0.15, 0.2) is 54.9 Å². The van der Waals surface area contributed by atoms with Crippen LogP contribution in [0.3, 0.4) is 0 Å². The molecule has 116 valence electrons. The molecule has 0 saturated heterocycles. The Morgan fingerprint density at radius 2 is 2.04 bits per heavy atom. The number of hydrogen-bond acceptors (Lipinski definition) is 6. The minimum absolute atomic E-state index is 0.403. The van der Waals surface area contributed by atoms with Crippen LogP contribution < -0.4 is 4.74 Å². The molecule has 0 bridgehead atoms. The van der Waals surface area contributed by atoms with Gasteiger partial charge in [0.15, 0.2) is 0 Å². The van der Waals surface area contributed by atoms with Crippen molar-refractivity contribution in [2.24, 2.45) is 0 Å². The van der Waals surface area contributed by atoms with Crippen molar-refractivity contribution in [1.29, 1.82) is 0 Å². The van der Waals surface area contributed by atoms with E-state index < -0.39 is 0 Å². The molecule has 5 nitrogen and oxygen atoms in total. The lowest BCUT2D eigenvalue weighted by Crippen LogP contribution is -1.96. The number of pyridine rings is 1. The van der Waals surface area contributed by atoms with Crippen molar-refractivity contribution in [2.45, 2.75) is 0 Å². The second kappa shape index (κ2) is 7.17. The van der Waals surface area contributed by atoms with Gasteiger partial charge >= 0.3 is 0 Å². The summed E-state index contributed by atoms with van der Waals surface area (Å²) in [6.45, 7) is 0. The number of ether oxygens (including phenoxy) is 2. The van der Waals surface area contributed by atoms with Gasteiger partial charge in [-0.1, -0.05) is 24.3 Å². The molecule has 0 fully saturated rings. The summed E-state index contributed by atoms with van der Waals surface area (Å²) in [5.41, 5.74) is 2.47. The van der Waals surface area contributed by atoms with Gasteiger partial charge in [-0.2, -0.15) is 4.98 Å². The van der Waals surface area contributed by atoms with Crippen LogP contribution in [0.1, 0.15) is 11.3 Å². The average Bonchev–Trinajstić information content (AvgIpc) is 2.99. The van der Waals surface area contributed by atoms with Crippen molar-refractivity contribution in [3.8, 4) is 10.9 Å². The highest BCUT2D eigenvalue weighted by Gasteiger charge is 2.14. The van der Waals surface area contributed by atoms with Gasteiger partial charge in [-0.05, 0) is 30.4 Å². The minimum atomic E-state index is 0.403. The van der Waals surface area contributed by atoms with Gasteiger partial charge in [-0.25, -0.2) is 0 Å². The zero-order valence-corrected chi connectivity index (χ0v) is 13.9. The Morgan fingerprint density at radius 1 is 1.22 bits per heavy atom. The van der Waals surface area contributed by atoms with Crippen LogP contribution >= 0.6 is 23.8 Å². The molecule has 3 rings (SSSR count). The van der Waals surface area contributed by atoms with E-state index in [1.807, 2.05) is 42.5 Å². The minimum Gasteiger partial charge on any atom is -0.504 e. The number of aromatic amines is 1. The van der Waals surface area contributed by atoms with Crippen LogP contribution in [0.25, 0.3) is 5.57 Å². The number of rotatable bonds is 5. The number of nitrogens with one attached hydrogen (secondary N) is 1. The average molecular weight is 343 g/mol. The van der Waals surface area contributed by atoms with Crippen molar-refractivity contribution in [1.82, 2.24) is 14.3 Å². The Morgan fingerprint density at radius 3 is 2.74 bits per heavy atom. The molecule has 0 aliphatic heterocycles. The van der Waals surface area contributed by atoms with Gasteiger partial charge in [-0.3, -0.25) is 9.36 Å². The van der Waals surface area contributed by atoms with Crippen LogP contribution in [0.2, 0.25) is 0 Å². The summed E-state index contributed by atoms with van der Waals surface area (Å²) in [7, 11) is 1.60. The molecule has 0 aliphatic rings. The first-order chi connectivity index (χ1) is 11.3. The summed E-state index contributed by atoms with van der Waals surface area (Å²) in [5.74, 6) is 0.652. The van der Waals surface area contributed by atoms with Crippen molar-refractivity contribution in [2.75, 3.05) is 7.11 Å². The third-order valence-corrected chi connectivity index (χ3v) is 3.94. The Balaban J connectivity index is 2.04. The molecule has 1 aromatic carbocycles. The standard InChI is InChI=1S/C16H13N3O2S2/c1-20-10-12(13-7-4-5-9-17-13)11-6-2-3-8-14(11)21-16-18-15(22)19-23-16/h2-10H,1H3,(H,19,22)/b12-10+. The van der Waals surface area contributed by atoms with E-state index in [9.17, 15) is 0 Å². The van der Waals surface area contributed by atoms with Gasteiger partial charge < -0.3 is 9.47 Å². The smallest absolute Gasteiger partial charge is 0.297 e. The predicted molar refractivity (Wildman–Crippen MR) is 92.1 cm³/mol. The van der Waals surface area contributed by atoms with E-state index in [1.165, 1.54) is 11.5 Å². The number of H-pyrrole nitrogens is 1. The molecule has 23 heavy (non-hydrogen) atoms. The number of nitrogens with zero attached hydrogens (tertiary/aromatic N) is 2. The summed E-state index contributed by atoms with van der Waals surface area (Å²) >= 11 is 6.22. The molecule has 0 atom stereocenters. The first-order valence-electron chi connectivity index (χ1n) is 6.75. The second-order valence-electron chi connectivity index (χ2n) is 4.47. The van der Waals surface area contributed by atoms with E-state index in [2.05, 4.69) is 14.3 Å². The van der Waals surface area contributed by atoms with Gasteiger partial charge in [0.1, 0.15) is 5.75 Å². The van der Waals surface area contributed by atoms with Gasteiger partial charge in [0, 0.05) is 28.9 Å². The van der Waals surface area contributed by atoms with Crippen LogP contribution in [0, 0.1) is 4.77 Å². The zero-order chi connectivity index (χ0) is 16.1. The van der Waals surface area contributed by atoms with Gasteiger partial charge in [0.05, 0.1) is 19.1 Å². The maximum absolute atomic E-state index is 5.86. The van der Waals surface area contributed by atoms with Crippen molar-refractivity contribution < 1.29 is 9.47 Å². The Labute approximate surface area is 142 Å². The van der Waals surface area contributed by atoms with Gasteiger partial charge in [0.25, 0.3) is 5.19 Å². The summed E-state index contributed by atoms with van der Waals surface area (Å²) in [6.07, 6.45) is 3.39. The SMILES string of the molecule is CO/C=C(/c1ccccn1)c1ccccc1Oc1nc(=S)[nH]s1. The lowest BCUT2D eigenvalue weighted by molar-refractivity contribution is 0.339. The first-order valence-corrected chi connectivity index (χ1v) is 7.97. The predicted octanol–water partition coefficient (Wildman–Crippen LogP) is 4.42. The van der Waals surface area contributed by atoms with Crippen molar-refractivity contribution in [3.05, 3.63) is 71.0 Å². The molecule has 1 N–H and O–H groups in total. The Kier molecular flexibility index (Phi) is 4.80. The van der Waals surface area contributed by atoms with Crippen LogP contribution in [0.4, 0.5) is 0 Å². The zero-order valence-electron chi connectivity index (χ0n) is 12.2. The summed E-state index contributed by atoms with van der Waals surface area (Å²) < 4.78 is 14.4. The molecule has 0 spiro atoms. The molecule has 0 amide bonds. The first kappa shape index (κ1) is 15.4. The lowest BCUT2D eigenvalue weighted by Gasteiger charge is -2.12. The Hall–Kier alpha value is -2.51. The third kappa shape index (κ3) is 3.64. The fraction of sp³-hybridized carbons (Fsp3) is 0.0625. The monoisotopic (exact) mass is 343 g/mol. The van der Waals surface area contributed by atoms with Crippen LogP contribution in [-0.4, -0.2) is 21.5 Å². The maximum Gasteiger partial charge on any atom is 0.297 e. The molecule has 0 saturated carbocycles. The number of methoxy groups -OCH3 is 1. The molecule has 7 heteroatoms. The number of aromatic nitrogens is 3. The summed E-state index contributed by atoms with van der Waals surface area (Å²) in [6, 6.07) is 13.4. The molecular weight excluding hydrogens is 330 g/mol. The highest BCUT2D eigenvalue weighted by molar-refractivity contribution is 7.71. The van der Waals surface area contributed by atoms with E-state index in [0.717, 1.165) is 16.8 Å². The van der Waals surface area contributed by atoms with E-state index in [4.69, 9.17) is 21.7 Å². The molecule has 0 unspecified atom stereocenters. The topological polar surface area (TPSA) is 60.0 Å². The fourth-order valence-corrected chi connectivity index (χ4v) is 2.79. The van der Waals surface area contributed by atoms with E-state index in [1.54, 1.807) is 19.6 Å². The molecule has 2 heterocycles. The summed E-state index contributed by atoms with van der Waals surface area (Å²) in [5, 5.41) is 0.459. The van der Waals surface area contributed by atoms with E-state index in [-0.39, 0.29) is 0 Å². The quantitative estimate of drug-likeness (QED) is 0.549. The largest absolute Gasteiger partial charge is 0.504 e. The van der Waals surface area contributed by atoms with Gasteiger partial charge in [-0.15, -0.1) is 0 Å². The van der Waals surface area contributed by atoms with Gasteiger partial charge in [0.2, 0.25) is 4.77 Å². The molecule has 0 radical (unpaired) electrons. The Bertz CT molecular complexity index is 872. The molecule has 3 aromatic rings. The maximum atomic E-state index is 5.86. The van der Waals surface area contributed by atoms with Crippen molar-refractivity contribution in [3.63, 3.8) is 0 Å². The highest BCUT2D eigenvalue weighted by Crippen LogP contribution is 2.33. The van der Waals surface area contributed by atoms with E-state index in [0.29, 0.717) is 15.7 Å². The second-order valence-corrected chi connectivity index (χ2v) is 5.61. The van der Waals surface area contributed by atoms with Crippen LogP contribution in [-0.2, 0) is 4.74 Å². The molecule has 2 aromatic heterocycles. The number of para-hydroxylation sites is 1. The van der Waals surface area contributed by atoms with Crippen molar-refractivity contribution >= 4 is 29.3 Å². The van der Waals surface area contributed by atoms with Crippen LogP contribution in [0.5, 0.6) is 10.9 Å². The summed E-state index contributed by atoms with van der Waals surface area (Å²) in [4.78, 5) is 8.50. The van der Waals surface area contributed by atoms with E-state index >= 15 is 0 Å². The normalized spacial score (nSPS) is 11.3. The number of benzene rings is 1.